The monoisotopic (exact) mass is 236 g/mol. The molecule has 0 radical (unpaired) electrons. The van der Waals surface area contributed by atoms with Crippen LogP contribution in [0.5, 0.6) is 0 Å². The Morgan fingerprint density at radius 1 is 1.25 bits per heavy atom. The molecule has 16 heavy (non-hydrogen) atoms. The topological polar surface area (TPSA) is 38.9 Å². The maximum Gasteiger partial charge on any atom is 0.131 e. The van der Waals surface area contributed by atoms with Crippen LogP contribution in [0.15, 0.2) is 36.5 Å². The van der Waals surface area contributed by atoms with E-state index in [1.165, 1.54) is 12.1 Å². The third-order valence-corrected chi connectivity index (χ3v) is 2.59. The summed E-state index contributed by atoms with van der Waals surface area (Å²) in [6.45, 7) is 0. The molecule has 1 aromatic heterocycles. The molecule has 0 saturated heterocycles. The Morgan fingerprint density at radius 2 is 1.94 bits per heavy atom. The molecule has 0 bridgehead atoms. The standard InChI is InChI=1S/C12H10ClFN2/c13-6-8-5-11(12(15)16-7-8)9-1-3-10(14)4-2-9/h1-5,7H,6H2,(H2,15,16). The number of pyridine rings is 1. The van der Waals surface area contributed by atoms with Crippen LogP contribution in [0.2, 0.25) is 0 Å². The zero-order valence-electron chi connectivity index (χ0n) is 8.45. The van der Waals surface area contributed by atoms with Crippen LogP contribution in [0, 0.1) is 5.82 Å². The summed E-state index contributed by atoms with van der Waals surface area (Å²) >= 11 is 5.72. The Bertz CT molecular complexity index is 497. The largest absolute Gasteiger partial charge is 0.383 e. The summed E-state index contributed by atoms with van der Waals surface area (Å²) in [7, 11) is 0. The van der Waals surface area contributed by atoms with E-state index in [0.29, 0.717) is 11.7 Å². The molecule has 0 atom stereocenters. The van der Waals surface area contributed by atoms with Crippen molar-refractivity contribution in [1.82, 2.24) is 4.98 Å². The van der Waals surface area contributed by atoms with Gasteiger partial charge in [-0.25, -0.2) is 9.37 Å². The molecule has 2 nitrogen and oxygen atoms in total. The Morgan fingerprint density at radius 3 is 2.56 bits per heavy atom. The number of hydrogen-bond acceptors (Lipinski definition) is 2. The molecular weight excluding hydrogens is 227 g/mol. The molecule has 82 valence electrons. The molecule has 0 spiro atoms. The smallest absolute Gasteiger partial charge is 0.131 e. The lowest BCUT2D eigenvalue weighted by atomic mass is 10.1. The molecular formula is C12H10ClFN2. The molecule has 2 aromatic rings. The first-order valence-electron chi connectivity index (χ1n) is 4.77. The molecule has 1 heterocycles. The van der Waals surface area contributed by atoms with E-state index in [2.05, 4.69) is 4.98 Å². The number of benzene rings is 1. The van der Waals surface area contributed by atoms with Gasteiger partial charge in [0.05, 0.1) is 0 Å². The number of alkyl halides is 1. The number of nitrogen functional groups attached to an aromatic ring is 1. The van der Waals surface area contributed by atoms with Crippen LogP contribution in [-0.4, -0.2) is 4.98 Å². The number of halogens is 2. The molecule has 1 aromatic carbocycles. The van der Waals surface area contributed by atoms with E-state index in [1.54, 1.807) is 18.3 Å². The molecule has 0 amide bonds. The van der Waals surface area contributed by atoms with Gasteiger partial charge in [0.15, 0.2) is 0 Å². The number of anilines is 1. The normalized spacial score (nSPS) is 10.4. The Balaban J connectivity index is 2.50. The van der Waals surface area contributed by atoms with E-state index in [9.17, 15) is 4.39 Å². The zero-order valence-corrected chi connectivity index (χ0v) is 9.21. The zero-order chi connectivity index (χ0) is 11.5. The van der Waals surface area contributed by atoms with Crippen LogP contribution >= 0.6 is 11.6 Å². The maximum absolute atomic E-state index is 12.8. The predicted molar refractivity (Wildman–Crippen MR) is 63.6 cm³/mol. The predicted octanol–water partition coefficient (Wildman–Crippen LogP) is 3.21. The van der Waals surface area contributed by atoms with Gasteiger partial charge >= 0.3 is 0 Å². The van der Waals surface area contributed by atoms with E-state index in [4.69, 9.17) is 17.3 Å². The number of hydrogen-bond donors (Lipinski definition) is 1. The molecule has 0 aliphatic rings. The molecule has 0 fully saturated rings. The minimum absolute atomic E-state index is 0.274. The Kier molecular flexibility index (Phi) is 3.06. The number of nitrogens with two attached hydrogens (primary N) is 1. The van der Waals surface area contributed by atoms with Crippen LogP contribution in [0.25, 0.3) is 11.1 Å². The van der Waals surface area contributed by atoms with Gasteiger partial charge in [-0.15, -0.1) is 11.6 Å². The fraction of sp³-hybridized carbons (Fsp3) is 0.0833. The summed E-state index contributed by atoms with van der Waals surface area (Å²) in [6, 6.07) is 7.98. The second-order valence-corrected chi connectivity index (χ2v) is 3.68. The van der Waals surface area contributed by atoms with Crippen LogP contribution in [0.3, 0.4) is 0 Å². The molecule has 4 heteroatoms. The molecule has 0 aliphatic carbocycles. The summed E-state index contributed by atoms with van der Waals surface area (Å²) in [5.74, 6) is 0.519. The summed E-state index contributed by atoms with van der Waals surface area (Å²) in [5, 5.41) is 0. The van der Waals surface area contributed by atoms with Crippen molar-refractivity contribution in [3.63, 3.8) is 0 Å². The van der Waals surface area contributed by atoms with Gasteiger partial charge in [0, 0.05) is 17.6 Å². The van der Waals surface area contributed by atoms with E-state index in [0.717, 1.165) is 16.7 Å². The summed E-state index contributed by atoms with van der Waals surface area (Å²) in [4.78, 5) is 4.05. The molecule has 2 rings (SSSR count). The first-order valence-corrected chi connectivity index (χ1v) is 5.30. The van der Waals surface area contributed by atoms with Crippen molar-refractivity contribution in [3.8, 4) is 11.1 Å². The van der Waals surface area contributed by atoms with Crippen LogP contribution < -0.4 is 5.73 Å². The van der Waals surface area contributed by atoms with E-state index < -0.39 is 0 Å². The number of aromatic nitrogens is 1. The van der Waals surface area contributed by atoms with E-state index in [1.807, 2.05) is 6.07 Å². The van der Waals surface area contributed by atoms with Crippen molar-refractivity contribution in [1.29, 1.82) is 0 Å². The van der Waals surface area contributed by atoms with Crippen LogP contribution in [0.4, 0.5) is 10.2 Å². The minimum atomic E-state index is -0.274. The highest BCUT2D eigenvalue weighted by Gasteiger charge is 2.05. The maximum atomic E-state index is 12.8. The Hall–Kier alpha value is -1.61. The quantitative estimate of drug-likeness (QED) is 0.814. The summed E-state index contributed by atoms with van der Waals surface area (Å²) < 4.78 is 12.8. The van der Waals surface area contributed by atoms with Crippen molar-refractivity contribution in [2.24, 2.45) is 0 Å². The van der Waals surface area contributed by atoms with Gasteiger partial charge in [0.2, 0.25) is 0 Å². The van der Waals surface area contributed by atoms with Crippen LogP contribution in [-0.2, 0) is 5.88 Å². The Labute approximate surface area is 97.9 Å². The first-order chi connectivity index (χ1) is 7.70. The van der Waals surface area contributed by atoms with Crippen molar-refractivity contribution in [2.45, 2.75) is 5.88 Å². The highest BCUT2D eigenvalue weighted by Crippen LogP contribution is 2.25. The van der Waals surface area contributed by atoms with E-state index in [-0.39, 0.29) is 5.82 Å². The number of nitrogens with zero attached hydrogens (tertiary/aromatic N) is 1. The third kappa shape index (κ3) is 2.14. The highest BCUT2D eigenvalue weighted by atomic mass is 35.5. The average molecular weight is 237 g/mol. The van der Waals surface area contributed by atoms with E-state index >= 15 is 0 Å². The lowest BCUT2D eigenvalue weighted by Crippen LogP contribution is -1.95. The van der Waals surface area contributed by atoms with Gasteiger partial charge in [-0.05, 0) is 29.3 Å². The lowest BCUT2D eigenvalue weighted by molar-refractivity contribution is 0.628. The molecule has 0 aliphatic heterocycles. The summed E-state index contributed by atoms with van der Waals surface area (Å²) in [6.07, 6.45) is 1.63. The van der Waals surface area contributed by atoms with Crippen LogP contribution in [0.1, 0.15) is 5.56 Å². The SMILES string of the molecule is Nc1ncc(CCl)cc1-c1ccc(F)cc1. The number of rotatable bonds is 2. The summed E-state index contributed by atoms with van der Waals surface area (Å²) in [5.41, 5.74) is 8.26. The van der Waals surface area contributed by atoms with Gasteiger partial charge in [0.1, 0.15) is 11.6 Å². The van der Waals surface area contributed by atoms with Gasteiger partial charge in [-0.1, -0.05) is 12.1 Å². The molecule has 0 saturated carbocycles. The van der Waals surface area contributed by atoms with Gasteiger partial charge in [0.25, 0.3) is 0 Å². The van der Waals surface area contributed by atoms with Gasteiger partial charge in [-0.2, -0.15) is 0 Å². The second kappa shape index (κ2) is 4.49. The minimum Gasteiger partial charge on any atom is -0.383 e. The third-order valence-electron chi connectivity index (χ3n) is 2.28. The van der Waals surface area contributed by atoms with Gasteiger partial charge in [-0.3, -0.25) is 0 Å². The van der Waals surface area contributed by atoms with Crippen molar-refractivity contribution in [3.05, 3.63) is 47.9 Å². The second-order valence-electron chi connectivity index (χ2n) is 3.42. The lowest BCUT2D eigenvalue weighted by Gasteiger charge is -2.06. The fourth-order valence-corrected chi connectivity index (χ4v) is 1.60. The van der Waals surface area contributed by atoms with Gasteiger partial charge < -0.3 is 5.73 Å². The molecule has 2 N–H and O–H groups in total. The molecule has 0 unspecified atom stereocenters. The first kappa shape index (κ1) is 10.9. The van der Waals surface area contributed by atoms with Crippen molar-refractivity contribution >= 4 is 17.4 Å². The van der Waals surface area contributed by atoms with Crippen molar-refractivity contribution < 1.29 is 4.39 Å². The van der Waals surface area contributed by atoms with Crippen molar-refractivity contribution in [2.75, 3.05) is 5.73 Å². The fourth-order valence-electron chi connectivity index (χ4n) is 1.45. The highest BCUT2D eigenvalue weighted by molar-refractivity contribution is 6.17. The average Bonchev–Trinajstić information content (AvgIpc) is 2.31.